The second-order valence-electron chi connectivity index (χ2n) is 4.61. The summed E-state index contributed by atoms with van der Waals surface area (Å²) in [6.45, 7) is 2.46. The lowest BCUT2D eigenvalue weighted by Crippen LogP contribution is -2.30. The van der Waals surface area contributed by atoms with E-state index in [-0.39, 0.29) is 9.92 Å². The molecule has 0 bridgehead atoms. The molecule has 0 aromatic heterocycles. The van der Waals surface area contributed by atoms with Gasteiger partial charge in [0.05, 0.1) is 5.02 Å². The molecular formula is C15H17ClN2O2S. The Balaban J connectivity index is 2.36. The molecule has 21 heavy (non-hydrogen) atoms. The molecule has 0 fully saturated rings. The topological polar surface area (TPSA) is 63.4 Å². The number of nitrogen functional groups attached to an aromatic ring is 1. The summed E-state index contributed by atoms with van der Waals surface area (Å²) in [5.41, 5.74) is 6.97. The monoisotopic (exact) mass is 324 g/mol. The van der Waals surface area contributed by atoms with E-state index in [0.717, 1.165) is 5.56 Å². The highest BCUT2D eigenvalue weighted by atomic mass is 35.5. The Labute approximate surface area is 130 Å². The molecule has 0 amide bonds. The van der Waals surface area contributed by atoms with Crippen LogP contribution in [0.5, 0.6) is 0 Å². The van der Waals surface area contributed by atoms with Crippen LogP contribution in [0.4, 0.5) is 5.69 Å². The van der Waals surface area contributed by atoms with Crippen LogP contribution >= 0.6 is 11.6 Å². The van der Waals surface area contributed by atoms with Crippen LogP contribution in [0.15, 0.2) is 53.4 Å². The van der Waals surface area contributed by atoms with Crippen molar-refractivity contribution in [2.24, 2.45) is 0 Å². The third-order valence-corrected chi connectivity index (χ3v) is 5.53. The Morgan fingerprint density at radius 2 is 1.81 bits per heavy atom. The van der Waals surface area contributed by atoms with Crippen LogP contribution in [0.25, 0.3) is 0 Å². The van der Waals surface area contributed by atoms with Gasteiger partial charge in [0.2, 0.25) is 10.0 Å². The zero-order chi connectivity index (χ0) is 15.5. The molecule has 0 spiro atoms. The van der Waals surface area contributed by atoms with E-state index in [1.165, 1.54) is 22.5 Å². The van der Waals surface area contributed by atoms with Gasteiger partial charge in [0.1, 0.15) is 4.90 Å². The fraction of sp³-hybridized carbons (Fsp3) is 0.200. The smallest absolute Gasteiger partial charge is 0.244 e. The molecule has 0 saturated heterocycles. The van der Waals surface area contributed by atoms with E-state index >= 15 is 0 Å². The maximum atomic E-state index is 12.7. The minimum Gasteiger partial charge on any atom is -0.399 e. The van der Waals surface area contributed by atoms with Crippen LogP contribution in [0.1, 0.15) is 12.5 Å². The minimum atomic E-state index is -3.65. The van der Waals surface area contributed by atoms with E-state index in [0.29, 0.717) is 18.8 Å². The van der Waals surface area contributed by atoms with Gasteiger partial charge in [-0.1, -0.05) is 48.9 Å². The highest BCUT2D eigenvalue weighted by molar-refractivity contribution is 7.89. The fourth-order valence-corrected chi connectivity index (χ4v) is 3.98. The first kappa shape index (κ1) is 15.8. The van der Waals surface area contributed by atoms with Crippen LogP contribution in [0.2, 0.25) is 5.02 Å². The lowest BCUT2D eigenvalue weighted by molar-refractivity contribution is 0.423. The van der Waals surface area contributed by atoms with Crippen molar-refractivity contribution in [2.45, 2.75) is 18.4 Å². The maximum absolute atomic E-state index is 12.7. The number of rotatable bonds is 5. The molecule has 2 aromatic rings. The lowest BCUT2D eigenvalue weighted by atomic mass is 10.2. The van der Waals surface area contributed by atoms with Crippen molar-refractivity contribution >= 4 is 27.3 Å². The first-order chi connectivity index (χ1) is 9.95. The molecule has 0 aliphatic heterocycles. The molecule has 2 aromatic carbocycles. The van der Waals surface area contributed by atoms with E-state index in [2.05, 4.69) is 0 Å². The fourth-order valence-electron chi connectivity index (χ4n) is 2.02. The van der Waals surface area contributed by atoms with Gasteiger partial charge in [-0.05, 0) is 23.8 Å². The molecule has 0 saturated carbocycles. The second kappa shape index (κ2) is 6.47. The molecule has 2 rings (SSSR count). The van der Waals surface area contributed by atoms with Gasteiger partial charge in [-0.15, -0.1) is 0 Å². The molecule has 0 aliphatic carbocycles. The van der Waals surface area contributed by atoms with Gasteiger partial charge < -0.3 is 5.73 Å². The van der Waals surface area contributed by atoms with Gasteiger partial charge in [-0.3, -0.25) is 0 Å². The number of nitrogens with zero attached hydrogens (tertiary/aromatic N) is 1. The highest BCUT2D eigenvalue weighted by Gasteiger charge is 2.25. The highest BCUT2D eigenvalue weighted by Crippen LogP contribution is 2.27. The van der Waals surface area contributed by atoms with Crippen molar-refractivity contribution in [3.8, 4) is 0 Å². The van der Waals surface area contributed by atoms with Gasteiger partial charge >= 0.3 is 0 Å². The van der Waals surface area contributed by atoms with Crippen LogP contribution < -0.4 is 5.73 Å². The van der Waals surface area contributed by atoms with Crippen molar-refractivity contribution in [1.29, 1.82) is 0 Å². The SMILES string of the molecule is CCN(Cc1ccccc1)S(=O)(=O)c1ccc(N)cc1Cl. The molecule has 112 valence electrons. The van der Waals surface area contributed by atoms with Gasteiger partial charge in [-0.2, -0.15) is 4.31 Å². The van der Waals surface area contributed by atoms with Crippen molar-refractivity contribution < 1.29 is 8.42 Å². The van der Waals surface area contributed by atoms with E-state index in [4.69, 9.17) is 17.3 Å². The Morgan fingerprint density at radius 1 is 1.14 bits per heavy atom. The summed E-state index contributed by atoms with van der Waals surface area (Å²) in [4.78, 5) is 0.0798. The molecule has 0 atom stereocenters. The van der Waals surface area contributed by atoms with Gasteiger partial charge in [0.25, 0.3) is 0 Å². The normalized spacial score (nSPS) is 11.8. The van der Waals surface area contributed by atoms with Crippen LogP contribution in [-0.4, -0.2) is 19.3 Å². The summed E-state index contributed by atoms with van der Waals surface area (Å²) in [7, 11) is -3.65. The summed E-state index contributed by atoms with van der Waals surface area (Å²) >= 11 is 6.03. The summed E-state index contributed by atoms with van der Waals surface area (Å²) in [6.07, 6.45) is 0. The first-order valence-corrected chi connectivity index (χ1v) is 8.36. The Hall–Kier alpha value is -1.56. The number of benzene rings is 2. The van der Waals surface area contributed by atoms with E-state index in [1.54, 1.807) is 6.92 Å². The average molecular weight is 325 g/mol. The summed E-state index contributed by atoms with van der Waals surface area (Å²) in [5.74, 6) is 0. The summed E-state index contributed by atoms with van der Waals surface area (Å²) in [5, 5.41) is 0.140. The molecular weight excluding hydrogens is 308 g/mol. The van der Waals surface area contributed by atoms with Crippen molar-refractivity contribution in [3.05, 3.63) is 59.1 Å². The summed E-state index contributed by atoms with van der Waals surface area (Å²) in [6, 6.07) is 13.9. The average Bonchev–Trinajstić information content (AvgIpc) is 2.45. The molecule has 6 heteroatoms. The van der Waals surface area contributed by atoms with Crippen LogP contribution in [0.3, 0.4) is 0 Å². The van der Waals surface area contributed by atoms with Crippen molar-refractivity contribution in [1.82, 2.24) is 4.31 Å². The number of anilines is 1. The Morgan fingerprint density at radius 3 is 2.38 bits per heavy atom. The molecule has 4 nitrogen and oxygen atoms in total. The zero-order valence-electron chi connectivity index (χ0n) is 11.7. The standard InChI is InChI=1S/C15H17ClN2O2S/c1-2-18(11-12-6-4-3-5-7-12)21(19,20)15-9-8-13(17)10-14(15)16/h3-10H,2,11,17H2,1H3. The van der Waals surface area contributed by atoms with Crippen LogP contribution in [0, 0.1) is 0 Å². The predicted molar refractivity (Wildman–Crippen MR) is 85.6 cm³/mol. The number of hydrogen-bond donors (Lipinski definition) is 1. The molecule has 0 heterocycles. The minimum absolute atomic E-state index is 0.0798. The van der Waals surface area contributed by atoms with E-state index in [1.807, 2.05) is 30.3 Å². The third kappa shape index (κ3) is 3.56. The quantitative estimate of drug-likeness (QED) is 0.859. The summed E-state index contributed by atoms with van der Waals surface area (Å²) < 4.78 is 26.8. The molecule has 2 N–H and O–H groups in total. The van der Waals surface area contributed by atoms with Crippen molar-refractivity contribution in [2.75, 3.05) is 12.3 Å². The van der Waals surface area contributed by atoms with Crippen molar-refractivity contribution in [3.63, 3.8) is 0 Å². The Bertz CT molecular complexity index is 718. The third-order valence-electron chi connectivity index (χ3n) is 3.13. The lowest BCUT2D eigenvalue weighted by Gasteiger charge is -2.21. The Kier molecular flexibility index (Phi) is 4.88. The number of sulfonamides is 1. The number of hydrogen-bond acceptors (Lipinski definition) is 3. The van der Waals surface area contributed by atoms with Crippen LogP contribution in [-0.2, 0) is 16.6 Å². The van der Waals surface area contributed by atoms with Gasteiger partial charge in [0.15, 0.2) is 0 Å². The van der Waals surface area contributed by atoms with E-state index in [9.17, 15) is 8.42 Å². The van der Waals surface area contributed by atoms with Gasteiger partial charge in [0, 0.05) is 18.8 Å². The van der Waals surface area contributed by atoms with Gasteiger partial charge in [-0.25, -0.2) is 8.42 Å². The largest absolute Gasteiger partial charge is 0.399 e. The predicted octanol–water partition coefficient (Wildman–Crippen LogP) is 3.13. The maximum Gasteiger partial charge on any atom is 0.244 e. The zero-order valence-corrected chi connectivity index (χ0v) is 13.2. The second-order valence-corrected chi connectivity index (χ2v) is 6.92. The first-order valence-electron chi connectivity index (χ1n) is 6.54. The molecule has 0 unspecified atom stereocenters. The molecule has 0 radical (unpaired) electrons. The number of halogens is 1. The van der Waals surface area contributed by atoms with E-state index < -0.39 is 10.0 Å². The molecule has 0 aliphatic rings. The number of nitrogens with two attached hydrogens (primary N) is 1.